The molecule has 0 bridgehead atoms. The molecule has 15 heavy (non-hydrogen) atoms. The Morgan fingerprint density at radius 1 is 1.80 bits per heavy atom. The van der Waals surface area contributed by atoms with E-state index < -0.39 is 6.10 Å². The fraction of sp³-hybridized carbons (Fsp3) is 0.500. The van der Waals surface area contributed by atoms with Gasteiger partial charge in [-0.3, -0.25) is 0 Å². The van der Waals surface area contributed by atoms with Gasteiger partial charge in [0.15, 0.2) is 0 Å². The number of hydrogen-bond donors (Lipinski definition) is 1. The van der Waals surface area contributed by atoms with Crippen molar-refractivity contribution >= 4 is 24.9 Å². The van der Waals surface area contributed by atoms with Crippen LogP contribution < -0.4 is 4.74 Å². The van der Waals surface area contributed by atoms with Crippen LogP contribution in [0.1, 0.15) is 16.7 Å². The van der Waals surface area contributed by atoms with Gasteiger partial charge in [-0.15, -0.1) is 0 Å². The zero-order chi connectivity index (χ0) is 10.8. The van der Waals surface area contributed by atoms with Gasteiger partial charge in [0.05, 0.1) is 23.9 Å². The molecule has 0 saturated heterocycles. The maximum atomic E-state index is 10.4. The lowest BCUT2D eigenvalue weighted by atomic mass is 9.91. The number of aromatic nitrogens is 1. The topological polar surface area (TPSA) is 62.7 Å². The van der Waals surface area contributed by atoms with E-state index in [2.05, 4.69) is 4.98 Å². The zero-order valence-corrected chi connectivity index (χ0v) is 9.16. The first-order chi connectivity index (χ1) is 7.24. The molecule has 1 unspecified atom stereocenters. The summed E-state index contributed by atoms with van der Waals surface area (Å²) < 4.78 is 5.02. The monoisotopic (exact) mass is 226 g/mol. The van der Waals surface area contributed by atoms with Crippen molar-refractivity contribution in [3.63, 3.8) is 0 Å². The summed E-state index contributed by atoms with van der Waals surface area (Å²) in [6.07, 6.45) is 0.275. The first kappa shape index (κ1) is 10.6. The van der Waals surface area contributed by atoms with Crippen molar-refractivity contribution in [3.05, 3.63) is 10.6 Å². The number of carbonyl (C=O) groups excluding carboxylic acids is 1. The molecule has 0 fully saturated rings. The molecule has 1 aromatic rings. The molecule has 2 heterocycles. The Morgan fingerprint density at radius 2 is 2.60 bits per heavy atom. The number of aliphatic hydroxyl groups excluding tert-OH is 1. The first-order valence-corrected chi connectivity index (χ1v) is 5.44. The normalized spacial score (nSPS) is 20.8. The summed E-state index contributed by atoms with van der Waals surface area (Å²) in [6.45, 7) is 1.09. The second-order valence-corrected chi connectivity index (χ2v) is 4.36. The van der Waals surface area contributed by atoms with Crippen LogP contribution in [0, 0.1) is 0 Å². The highest BCUT2D eigenvalue weighted by Crippen LogP contribution is 2.34. The minimum atomic E-state index is -0.560. The smallest absolute Gasteiger partial charge is 0.281 e. The molecule has 2 rings (SSSR count). The molecule has 0 radical (unpaired) electrons. The number of aliphatic hydroxyl groups is 1. The number of β-amino-alcohol motifs (C(OH)–C–C–N with tert-alkyl or cyclic N) is 1. The molecule has 1 aliphatic heterocycles. The first-order valence-electron chi connectivity index (χ1n) is 4.62. The lowest BCUT2D eigenvalue weighted by Crippen LogP contribution is -2.36. The summed E-state index contributed by atoms with van der Waals surface area (Å²) >= 11 is 1.37. The molecule has 0 amide bonds. The van der Waals surface area contributed by atoms with E-state index in [1.807, 2.05) is 4.81 Å². The quantitative estimate of drug-likeness (QED) is 0.558. The Kier molecular flexibility index (Phi) is 3.04. The lowest BCUT2D eigenvalue weighted by molar-refractivity contribution is 0.135. The number of ether oxygens (including phenoxy) is 1. The van der Waals surface area contributed by atoms with Crippen LogP contribution in [-0.4, -0.2) is 42.2 Å². The number of hydrogen-bond acceptors (Lipinski definition) is 6. The number of nitrogens with zero attached hydrogens (tertiary/aromatic N) is 2. The largest absolute Gasteiger partial charge is 0.473 e. The van der Waals surface area contributed by atoms with Crippen molar-refractivity contribution in [2.24, 2.45) is 0 Å². The van der Waals surface area contributed by atoms with Gasteiger partial charge in [0.1, 0.15) is 6.10 Å². The van der Waals surface area contributed by atoms with Crippen LogP contribution in [0.4, 0.5) is 0 Å². The minimum absolute atomic E-state index is 0.330. The number of fused-ring (bicyclic) bond motifs is 1. The van der Waals surface area contributed by atoms with Crippen molar-refractivity contribution in [2.45, 2.75) is 12.6 Å². The lowest BCUT2D eigenvalue weighted by Gasteiger charge is -2.27. The van der Waals surface area contributed by atoms with Gasteiger partial charge in [-0.2, -0.15) is 0 Å². The molecule has 1 aromatic heterocycles. The van der Waals surface area contributed by atoms with Crippen LogP contribution in [0.3, 0.4) is 0 Å². The summed E-state index contributed by atoms with van der Waals surface area (Å²) in [7, 11) is 1.89. The highest BCUT2D eigenvalue weighted by Gasteiger charge is 2.27. The van der Waals surface area contributed by atoms with E-state index in [0.717, 1.165) is 16.8 Å². The highest BCUT2D eigenvalue weighted by molar-refractivity contribution is 7.13. The van der Waals surface area contributed by atoms with E-state index in [1.165, 1.54) is 11.3 Å². The zero-order valence-electron chi connectivity index (χ0n) is 8.34. The predicted molar refractivity (Wildman–Crippen MR) is 57.9 cm³/mol. The van der Waals surface area contributed by atoms with Crippen molar-refractivity contribution in [3.8, 4) is 5.19 Å². The number of carbonyl (C=O) groups is 1. The molecule has 0 aromatic carbocycles. The van der Waals surface area contributed by atoms with Gasteiger partial charge in [-0.25, -0.2) is 4.98 Å². The maximum absolute atomic E-state index is 10.4. The van der Waals surface area contributed by atoms with Gasteiger partial charge in [0.25, 0.3) is 12.6 Å². The number of rotatable bonds is 3. The Labute approximate surface area is 91.9 Å². The molecule has 5 nitrogen and oxygen atoms in total. The fourth-order valence-electron chi connectivity index (χ4n) is 1.65. The summed E-state index contributed by atoms with van der Waals surface area (Å²) in [5.74, 6) is 0. The molecule has 0 spiro atoms. The van der Waals surface area contributed by atoms with Crippen molar-refractivity contribution in [1.82, 2.24) is 9.79 Å². The van der Waals surface area contributed by atoms with Gasteiger partial charge in [-0.05, 0) is 0 Å². The Balaban J connectivity index is 2.22. The average molecular weight is 226 g/mol. The van der Waals surface area contributed by atoms with Crippen LogP contribution in [0.5, 0.6) is 5.19 Å². The highest BCUT2D eigenvalue weighted by atomic mass is 32.1. The second-order valence-electron chi connectivity index (χ2n) is 3.37. The fourth-order valence-corrected chi connectivity index (χ4v) is 2.52. The van der Waals surface area contributed by atoms with Gasteiger partial charge in [0, 0.05) is 13.1 Å². The third kappa shape index (κ3) is 2.04. The van der Waals surface area contributed by atoms with Crippen LogP contribution in [-0.2, 0) is 11.3 Å². The molecule has 0 saturated carbocycles. The van der Waals surface area contributed by atoms with Gasteiger partial charge >= 0.3 is 0 Å². The van der Waals surface area contributed by atoms with Crippen LogP contribution in [0.25, 0.3) is 0 Å². The SMILES string of the molecule is COc1nc2c(s1)C(O)CN(BC=O)C2. The molecule has 80 valence electrons. The van der Waals surface area contributed by atoms with Gasteiger partial charge < -0.3 is 19.4 Å². The van der Waals surface area contributed by atoms with E-state index in [9.17, 15) is 9.90 Å². The Morgan fingerprint density at radius 3 is 3.27 bits per heavy atom. The molecule has 1 N–H and O–H groups in total. The molecule has 7 heteroatoms. The van der Waals surface area contributed by atoms with E-state index in [0.29, 0.717) is 25.7 Å². The molecular formula is C8H11BN2O3S. The van der Waals surface area contributed by atoms with E-state index in [1.54, 1.807) is 7.11 Å². The van der Waals surface area contributed by atoms with E-state index >= 15 is 0 Å². The summed E-state index contributed by atoms with van der Waals surface area (Å²) in [6, 6.07) is 0. The molecule has 1 aliphatic rings. The van der Waals surface area contributed by atoms with Crippen molar-refractivity contribution in [1.29, 1.82) is 0 Å². The summed E-state index contributed by atoms with van der Waals surface area (Å²) in [5.41, 5.74) is 0.817. The summed E-state index contributed by atoms with van der Waals surface area (Å²) in [5, 5.41) is 10.4. The van der Waals surface area contributed by atoms with Crippen LogP contribution in [0.2, 0.25) is 0 Å². The van der Waals surface area contributed by atoms with E-state index in [4.69, 9.17) is 4.74 Å². The van der Waals surface area contributed by atoms with Crippen LogP contribution >= 0.6 is 11.3 Å². The van der Waals surface area contributed by atoms with Crippen molar-refractivity contribution in [2.75, 3.05) is 13.7 Å². The summed E-state index contributed by atoms with van der Waals surface area (Å²) in [4.78, 5) is 17.3. The standard InChI is InChI=1S/C8H11BN2O3S/c1-14-8-10-5-2-11(9-4-12)3-6(13)7(5)15-8/h4,6,9,13H,2-3H2,1H3. The predicted octanol–water partition coefficient (Wildman–Crippen LogP) is -0.458. The van der Waals surface area contributed by atoms with Gasteiger partial charge in [0.2, 0.25) is 0 Å². The third-order valence-corrected chi connectivity index (χ3v) is 3.48. The minimum Gasteiger partial charge on any atom is -0.473 e. The molecular weight excluding hydrogens is 215 g/mol. The molecule has 0 aliphatic carbocycles. The number of methoxy groups -OCH3 is 1. The Bertz CT molecular complexity index is 371. The third-order valence-electron chi connectivity index (χ3n) is 2.32. The number of thiazole rings is 1. The van der Waals surface area contributed by atoms with Gasteiger partial charge in [-0.1, -0.05) is 11.3 Å². The van der Waals surface area contributed by atoms with Crippen LogP contribution in [0.15, 0.2) is 0 Å². The van der Waals surface area contributed by atoms with E-state index in [-0.39, 0.29) is 0 Å². The Hall–Kier alpha value is -0.915. The second kappa shape index (κ2) is 4.30. The maximum Gasteiger partial charge on any atom is 0.281 e. The van der Waals surface area contributed by atoms with Crippen molar-refractivity contribution < 1.29 is 14.6 Å². The molecule has 1 atom stereocenters. The average Bonchev–Trinajstić information content (AvgIpc) is 2.62.